The van der Waals surface area contributed by atoms with E-state index in [-0.39, 0.29) is 5.91 Å². The molecule has 1 amide bonds. The molecule has 1 aliphatic rings. The number of benzene rings is 1. The lowest BCUT2D eigenvalue weighted by Crippen LogP contribution is -2.40. The molecule has 1 unspecified atom stereocenters. The maximum Gasteiger partial charge on any atom is 0.222 e. The first kappa shape index (κ1) is 19.7. The predicted molar refractivity (Wildman–Crippen MR) is 113 cm³/mol. The van der Waals surface area contributed by atoms with E-state index in [4.69, 9.17) is 9.51 Å². The molecule has 0 radical (unpaired) electrons. The van der Waals surface area contributed by atoms with Gasteiger partial charge in [0.25, 0.3) is 0 Å². The van der Waals surface area contributed by atoms with E-state index in [0.717, 1.165) is 67.3 Å². The number of imidazole rings is 1. The molecule has 29 heavy (non-hydrogen) atoms. The van der Waals surface area contributed by atoms with Gasteiger partial charge in [0.15, 0.2) is 0 Å². The van der Waals surface area contributed by atoms with Crippen LogP contribution in [0.4, 0.5) is 0 Å². The lowest BCUT2D eigenvalue weighted by atomic mass is 9.96. The Morgan fingerprint density at radius 2 is 2.10 bits per heavy atom. The molecule has 0 spiro atoms. The Kier molecular flexibility index (Phi) is 5.69. The van der Waals surface area contributed by atoms with Crippen molar-refractivity contribution in [3.8, 4) is 0 Å². The number of hydrogen-bond acceptors (Lipinski definition) is 4. The van der Waals surface area contributed by atoms with Crippen molar-refractivity contribution in [2.75, 3.05) is 13.1 Å². The molecule has 6 heteroatoms. The van der Waals surface area contributed by atoms with E-state index in [0.29, 0.717) is 18.8 Å². The Morgan fingerprint density at radius 1 is 1.28 bits per heavy atom. The summed E-state index contributed by atoms with van der Waals surface area (Å²) < 4.78 is 7.59. The summed E-state index contributed by atoms with van der Waals surface area (Å²) in [6.07, 6.45) is 4.37. The van der Waals surface area contributed by atoms with E-state index < -0.39 is 0 Å². The van der Waals surface area contributed by atoms with Gasteiger partial charge in [0.1, 0.15) is 11.6 Å². The van der Waals surface area contributed by atoms with Gasteiger partial charge in [-0.3, -0.25) is 4.79 Å². The number of rotatable bonds is 6. The van der Waals surface area contributed by atoms with Gasteiger partial charge in [0.2, 0.25) is 5.91 Å². The number of amides is 1. The van der Waals surface area contributed by atoms with Crippen LogP contribution in [-0.2, 0) is 17.8 Å². The molecule has 0 aliphatic carbocycles. The van der Waals surface area contributed by atoms with Gasteiger partial charge < -0.3 is 14.0 Å². The molecular weight excluding hydrogens is 364 g/mol. The van der Waals surface area contributed by atoms with Crippen LogP contribution in [0, 0.1) is 13.8 Å². The number of fused-ring (bicyclic) bond motifs is 1. The monoisotopic (exact) mass is 394 g/mol. The van der Waals surface area contributed by atoms with Crippen molar-refractivity contribution in [3.05, 3.63) is 47.1 Å². The number of carbonyl (C=O) groups is 1. The highest BCUT2D eigenvalue weighted by atomic mass is 16.5. The normalized spacial score (nSPS) is 17.2. The molecule has 1 fully saturated rings. The largest absolute Gasteiger partial charge is 0.361 e. The fourth-order valence-electron chi connectivity index (χ4n) is 4.53. The van der Waals surface area contributed by atoms with Gasteiger partial charge in [0, 0.05) is 37.5 Å². The van der Waals surface area contributed by atoms with Crippen LogP contribution in [0.5, 0.6) is 0 Å². The average Bonchev–Trinajstić information content (AvgIpc) is 3.26. The van der Waals surface area contributed by atoms with Gasteiger partial charge in [-0.2, -0.15) is 0 Å². The molecular formula is C23H30N4O2. The van der Waals surface area contributed by atoms with Crippen LogP contribution in [0.15, 0.2) is 28.8 Å². The Hall–Kier alpha value is -2.63. The molecule has 1 atom stereocenters. The quantitative estimate of drug-likeness (QED) is 0.622. The van der Waals surface area contributed by atoms with E-state index >= 15 is 0 Å². The number of aryl methyl sites for hydroxylation is 3. The topological polar surface area (TPSA) is 64.2 Å². The number of hydrogen-bond donors (Lipinski definition) is 0. The first-order chi connectivity index (χ1) is 14.1. The highest BCUT2D eigenvalue weighted by Gasteiger charge is 2.28. The van der Waals surface area contributed by atoms with E-state index in [1.165, 1.54) is 5.52 Å². The van der Waals surface area contributed by atoms with Gasteiger partial charge in [-0.1, -0.05) is 24.2 Å². The minimum absolute atomic E-state index is 0.216. The van der Waals surface area contributed by atoms with Crippen LogP contribution < -0.4 is 0 Å². The lowest BCUT2D eigenvalue weighted by molar-refractivity contribution is -0.132. The SMILES string of the molecule is CCCn1c(C2CCCN(C(=O)CCc3c(C)noc3C)C2)nc2ccccc21. The third kappa shape index (κ3) is 3.93. The lowest BCUT2D eigenvalue weighted by Gasteiger charge is -2.33. The fourth-order valence-corrected chi connectivity index (χ4v) is 4.53. The van der Waals surface area contributed by atoms with Crippen molar-refractivity contribution in [2.45, 2.75) is 65.3 Å². The number of aromatic nitrogens is 3. The molecule has 1 aliphatic heterocycles. The molecule has 3 aromatic rings. The van der Waals surface area contributed by atoms with Crippen molar-refractivity contribution in [1.29, 1.82) is 0 Å². The van der Waals surface area contributed by atoms with Gasteiger partial charge in [0.05, 0.1) is 16.7 Å². The van der Waals surface area contributed by atoms with Crippen LogP contribution in [-0.4, -0.2) is 38.6 Å². The summed E-state index contributed by atoms with van der Waals surface area (Å²) in [6, 6.07) is 8.35. The van der Waals surface area contributed by atoms with Crippen LogP contribution >= 0.6 is 0 Å². The molecule has 0 bridgehead atoms. The fraction of sp³-hybridized carbons (Fsp3) is 0.522. The summed E-state index contributed by atoms with van der Waals surface area (Å²) in [6.45, 7) is 8.61. The summed E-state index contributed by atoms with van der Waals surface area (Å²) in [5.41, 5.74) is 4.21. The Labute approximate surface area is 171 Å². The summed E-state index contributed by atoms with van der Waals surface area (Å²) in [4.78, 5) is 19.9. The van der Waals surface area contributed by atoms with E-state index in [1.807, 2.05) is 24.8 Å². The van der Waals surface area contributed by atoms with Gasteiger partial charge >= 0.3 is 0 Å². The standard InChI is InChI=1S/C23H30N4O2/c1-4-13-27-21-10-6-5-9-20(21)24-23(27)18-8-7-14-26(15-18)22(28)12-11-19-16(2)25-29-17(19)3/h5-6,9-10,18H,4,7-8,11-15H2,1-3H3. The minimum Gasteiger partial charge on any atom is -0.361 e. The maximum atomic E-state index is 12.9. The first-order valence-electron chi connectivity index (χ1n) is 10.7. The molecule has 3 heterocycles. The maximum absolute atomic E-state index is 12.9. The molecule has 2 aromatic heterocycles. The highest BCUT2D eigenvalue weighted by molar-refractivity contribution is 5.77. The number of likely N-dealkylation sites (tertiary alicyclic amines) is 1. The number of para-hydroxylation sites is 2. The smallest absolute Gasteiger partial charge is 0.222 e. The summed E-state index contributed by atoms with van der Waals surface area (Å²) >= 11 is 0. The Morgan fingerprint density at radius 3 is 2.86 bits per heavy atom. The van der Waals surface area contributed by atoms with E-state index in [1.54, 1.807) is 0 Å². The second-order valence-corrected chi connectivity index (χ2v) is 8.09. The molecule has 1 saturated heterocycles. The van der Waals surface area contributed by atoms with Crippen molar-refractivity contribution in [1.82, 2.24) is 19.6 Å². The van der Waals surface area contributed by atoms with Crippen LogP contribution in [0.1, 0.15) is 61.4 Å². The first-order valence-corrected chi connectivity index (χ1v) is 10.7. The molecule has 0 saturated carbocycles. The Bertz CT molecular complexity index is 984. The van der Waals surface area contributed by atoms with Gasteiger partial charge in [-0.15, -0.1) is 0 Å². The zero-order chi connectivity index (χ0) is 20.4. The molecule has 1 aromatic carbocycles. The zero-order valence-corrected chi connectivity index (χ0v) is 17.6. The van der Waals surface area contributed by atoms with Crippen molar-refractivity contribution in [3.63, 3.8) is 0 Å². The molecule has 6 nitrogen and oxygen atoms in total. The van der Waals surface area contributed by atoms with E-state index in [9.17, 15) is 4.79 Å². The van der Waals surface area contributed by atoms with Gasteiger partial charge in [-0.05, 0) is 51.7 Å². The zero-order valence-electron chi connectivity index (χ0n) is 17.6. The molecule has 4 rings (SSSR count). The van der Waals surface area contributed by atoms with Crippen LogP contribution in [0.25, 0.3) is 11.0 Å². The minimum atomic E-state index is 0.216. The highest BCUT2D eigenvalue weighted by Crippen LogP contribution is 2.30. The van der Waals surface area contributed by atoms with Crippen molar-refractivity contribution >= 4 is 16.9 Å². The molecule has 0 N–H and O–H groups in total. The average molecular weight is 395 g/mol. The summed E-state index contributed by atoms with van der Waals surface area (Å²) in [5.74, 6) is 2.47. The van der Waals surface area contributed by atoms with E-state index in [2.05, 4.69) is 34.8 Å². The number of nitrogens with zero attached hydrogens (tertiary/aromatic N) is 4. The van der Waals surface area contributed by atoms with Crippen LogP contribution in [0.2, 0.25) is 0 Å². The van der Waals surface area contributed by atoms with Crippen molar-refractivity contribution < 1.29 is 9.32 Å². The third-order valence-corrected chi connectivity index (χ3v) is 6.04. The number of piperidine rings is 1. The second kappa shape index (κ2) is 8.39. The second-order valence-electron chi connectivity index (χ2n) is 8.09. The number of carbonyl (C=O) groups excluding carboxylic acids is 1. The van der Waals surface area contributed by atoms with Gasteiger partial charge in [-0.25, -0.2) is 4.98 Å². The van der Waals surface area contributed by atoms with Crippen molar-refractivity contribution in [2.24, 2.45) is 0 Å². The van der Waals surface area contributed by atoms with Crippen LogP contribution in [0.3, 0.4) is 0 Å². The predicted octanol–water partition coefficient (Wildman–Crippen LogP) is 4.39. The Balaban J connectivity index is 1.49. The summed E-state index contributed by atoms with van der Waals surface area (Å²) in [7, 11) is 0. The molecule has 154 valence electrons. The third-order valence-electron chi connectivity index (χ3n) is 6.04. The summed E-state index contributed by atoms with van der Waals surface area (Å²) in [5, 5.41) is 4.00.